The number of carbonyl (C=O) groups excluding carboxylic acids is 1. The van der Waals surface area contributed by atoms with Gasteiger partial charge in [-0.3, -0.25) is 4.79 Å². The standard InChI is InChI=1S/C20H27NO3/c1-23-18-7-6-12(8-19(18)24-2)9-20(22)21-17-11-13-10-16(17)15-5-3-4-14(13)15/h6-8,13-17H,3-5,9-11H2,1-2H3,(H,21,22). The molecule has 1 N–H and O–H groups in total. The van der Waals surface area contributed by atoms with Gasteiger partial charge in [-0.1, -0.05) is 12.5 Å². The molecule has 4 rings (SSSR count). The van der Waals surface area contributed by atoms with Crippen LogP contribution in [-0.4, -0.2) is 26.2 Å². The number of carbonyl (C=O) groups is 1. The molecule has 3 fully saturated rings. The van der Waals surface area contributed by atoms with Crippen molar-refractivity contribution >= 4 is 5.91 Å². The summed E-state index contributed by atoms with van der Waals surface area (Å²) in [6.45, 7) is 0. The first-order valence-corrected chi connectivity index (χ1v) is 9.20. The number of rotatable bonds is 5. The van der Waals surface area contributed by atoms with Gasteiger partial charge in [-0.15, -0.1) is 0 Å². The van der Waals surface area contributed by atoms with Gasteiger partial charge >= 0.3 is 0 Å². The van der Waals surface area contributed by atoms with Crippen LogP contribution in [0.1, 0.15) is 37.7 Å². The summed E-state index contributed by atoms with van der Waals surface area (Å²) in [5, 5.41) is 3.33. The second-order valence-corrected chi connectivity index (χ2v) is 7.69. The van der Waals surface area contributed by atoms with E-state index < -0.39 is 0 Å². The Morgan fingerprint density at radius 3 is 2.67 bits per heavy atom. The summed E-state index contributed by atoms with van der Waals surface area (Å²) in [5.74, 6) is 4.96. The highest BCUT2D eigenvalue weighted by molar-refractivity contribution is 5.79. The van der Waals surface area contributed by atoms with Crippen molar-refractivity contribution in [2.24, 2.45) is 23.7 Å². The number of nitrogens with one attached hydrogen (secondary N) is 1. The summed E-state index contributed by atoms with van der Waals surface area (Å²) >= 11 is 0. The molecule has 3 aliphatic carbocycles. The highest BCUT2D eigenvalue weighted by atomic mass is 16.5. The Labute approximate surface area is 143 Å². The molecule has 5 unspecified atom stereocenters. The molecule has 4 heteroatoms. The molecule has 24 heavy (non-hydrogen) atoms. The minimum absolute atomic E-state index is 0.134. The average Bonchev–Trinajstić information content (AvgIpc) is 3.27. The van der Waals surface area contributed by atoms with E-state index in [0.29, 0.717) is 24.0 Å². The van der Waals surface area contributed by atoms with Crippen LogP contribution in [0.5, 0.6) is 11.5 Å². The molecule has 0 radical (unpaired) electrons. The number of hydrogen-bond acceptors (Lipinski definition) is 3. The molecule has 0 saturated heterocycles. The van der Waals surface area contributed by atoms with Crippen LogP contribution >= 0.6 is 0 Å². The monoisotopic (exact) mass is 329 g/mol. The predicted molar refractivity (Wildman–Crippen MR) is 92.2 cm³/mol. The van der Waals surface area contributed by atoms with Gasteiger partial charge < -0.3 is 14.8 Å². The molecule has 0 aliphatic heterocycles. The van der Waals surface area contributed by atoms with E-state index in [9.17, 15) is 4.79 Å². The third kappa shape index (κ3) is 2.66. The Morgan fingerprint density at radius 2 is 1.88 bits per heavy atom. The van der Waals surface area contributed by atoms with Crippen molar-refractivity contribution in [2.45, 2.75) is 44.6 Å². The minimum atomic E-state index is 0.134. The molecule has 130 valence electrons. The molecule has 3 aliphatic rings. The highest BCUT2D eigenvalue weighted by Gasteiger charge is 2.53. The zero-order valence-corrected chi connectivity index (χ0v) is 14.6. The minimum Gasteiger partial charge on any atom is -0.493 e. The fourth-order valence-corrected chi connectivity index (χ4v) is 5.67. The van der Waals surface area contributed by atoms with Crippen molar-refractivity contribution in [1.82, 2.24) is 5.32 Å². The lowest BCUT2D eigenvalue weighted by Gasteiger charge is -2.32. The van der Waals surface area contributed by atoms with Gasteiger partial charge in [0, 0.05) is 6.04 Å². The van der Waals surface area contributed by atoms with E-state index in [0.717, 1.165) is 29.2 Å². The summed E-state index contributed by atoms with van der Waals surface area (Å²) in [7, 11) is 3.24. The van der Waals surface area contributed by atoms with Crippen LogP contribution in [0, 0.1) is 23.7 Å². The first kappa shape index (κ1) is 15.8. The number of benzene rings is 1. The summed E-state index contributed by atoms with van der Waals surface area (Å²) in [6.07, 6.45) is 7.16. The fraction of sp³-hybridized carbons (Fsp3) is 0.650. The number of fused-ring (bicyclic) bond motifs is 5. The zero-order chi connectivity index (χ0) is 16.7. The molecule has 3 saturated carbocycles. The van der Waals surface area contributed by atoms with Crippen molar-refractivity contribution in [1.29, 1.82) is 0 Å². The lowest BCUT2D eigenvalue weighted by molar-refractivity contribution is -0.121. The van der Waals surface area contributed by atoms with Crippen molar-refractivity contribution < 1.29 is 14.3 Å². The summed E-state index contributed by atoms with van der Waals surface area (Å²) in [5.41, 5.74) is 0.965. The molecule has 4 nitrogen and oxygen atoms in total. The number of hydrogen-bond donors (Lipinski definition) is 1. The molecule has 5 atom stereocenters. The van der Waals surface area contributed by atoms with Crippen LogP contribution in [0.3, 0.4) is 0 Å². The largest absolute Gasteiger partial charge is 0.493 e. The van der Waals surface area contributed by atoms with Gasteiger partial charge in [-0.2, -0.15) is 0 Å². The van der Waals surface area contributed by atoms with Crippen LogP contribution in [0.25, 0.3) is 0 Å². The molecular formula is C20H27NO3. The smallest absolute Gasteiger partial charge is 0.224 e. The Morgan fingerprint density at radius 1 is 1.08 bits per heavy atom. The molecule has 0 spiro atoms. The van der Waals surface area contributed by atoms with E-state index in [1.54, 1.807) is 14.2 Å². The topological polar surface area (TPSA) is 47.6 Å². The Kier molecular flexibility index (Phi) is 4.15. The maximum Gasteiger partial charge on any atom is 0.224 e. The summed E-state index contributed by atoms with van der Waals surface area (Å²) < 4.78 is 10.6. The lowest BCUT2D eigenvalue weighted by atomic mass is 9.79. The van der Waals surface area contributed by atoms with Gasteiger partial charge in [0.2, 0.25) is 5.91 Å². The molecule has 0 heterocycles. The van der Waals surface area contributed by atoms with Crippen molar-refractivity contribution in [3.05, 3.63) is 23.8 Å². The van der Waals surface area contributed by atoms with E-state index in [2.05, 4.69) is 5.32 Å². The second kappa shape index (κ2) is 6.30. The maximum absolute atomic E-state index is 12.5. The summed E-state index contributed by atoms with van der Waals surface area (Å²) in [6, 6.07) is 6.10. The van der Waals surface area contributed by atoms with Gasteiger partial charge in [-0.25, -0.2) is 0 Å². The highest BCUT2D eigenvalue weighted by Crippen LogP contribution is 2.58. The van der Waals surface area contributed by atoms with Crippen molar-refractivity contribution in [3.63, 3.8) is 0 Å². The molecule has 2 bridgehead atoms. The van der Waals surface area contributed by atoms with Crippen LogP contribution < -0.4 is 14.8 Å². The van der Waals surface area contributed by atoms with Gasteiger partial charge in [-0.05, 0) is 67.1 Å². The van der Waals surface area contributed by atoms with Crippen LogP contribution in [0.4, 0.5) is 0 Å². The lowest BCUT2D eigenvalue weighted by Crippen LogP contribution is -2.43. The predicted octanol–water partition coefficient (Wildman–Crippen LogP) is 3.19. The zero-order valence-electron chi connectivity index (χ0n) is 14.6. The molecular weight excluding hydrogens is 302 g/mol. The van der Waals surface area contributed by atoms with Crippen molar-refractivity contribution in [2.75, 3.05) is 14.2 Å². The van der Waals surface area contributed by atoms with Crippen molar-refractivity contribution in [3.8, 4) is 11.5 Å². The Balaban J connectivity index is 1.37. The molecule has 0 aromatic heterocycles. The Bertz CT molecular complexity index is 629. The van der Waals surface area contributed by atoms with Crippen LogP contribution in [0.15, 0.2) is 18.2 Å². The molecule has 1 amide bonds. The van der Waals surface area contributed by atoms with E-state index in [1.807, 2.05) is 18.2 Å². The second-order valence-electron chi connectivity index (χ2n) is 7.69. The number of ether oxygens (including phenoxy) is 2. The number of amides is 1. The van der Waals surface area contributed by atoms with Gasteiger partial charge in [0.15, 0.2) is 11.5 Å². The third-order valence-electron chi connectivity index (χ3n) is 6.59. The van der Waals surface area contributed by atoms with E-state index in [4.69, 9.17) is 9.47 Å². The summed E-state index contributed by atoms with van der Waals surface area (Å²) in [4.78, 5) is 12.5. The fourth-order valence-electron chi connectivity index (χ4n) is 5.67. The van der Waals surface area contributed by atoms with Crippen LogP contribution in [-0.2, 0) is 11.2 Å². The quantitative estimate of drug-likeness (QED) is 0.902. The SMILES string of the molecule is COc1ccc(CC(=O)NC2CC3CC2C2CCCC32)cc1OC. The van der Waals surface area contributed by atoms with E-state index in [1.165, 1.54) is 32.1 Å². The van der Waals surface area contributed by atoms with Crippen LogP contribution in [0.2, 0.25) is 0 Å². The average molecular weight is 329 g/mol. The molecule has 1 aromatic carbocycles. The van der Waals surface area contributed by atoms with Gasteiger partial charge in [0.25, 0.3) is 0 Å². The first-order chi connectivity index (χ1) is 11.7. The van der Waals surface area contributed by atoms with E-state index in [-0.39, 0.29) is 5.91 Å². The number of methoxy groups -OCH3 is 2. The first-order valence-electron chi connectivity index (χ1n) is 9.20. The molecule has 1 aromatic rings. The Hall–Kier alpha value is -1.71. The van der Waals surface area contributed by atoms with Gasteiger partial charge in [0.05, 0.1) is 20.6 Å². The normalized spacial score (nSPS) is 33.3. The van der Waals surface area contributed by atoms with E-state index >= 15 is 0 Å². The maximum atomic E-state index is 12.5. The third-order valence-corrected chi connectivity index (χ3v) is 6.59. The van der Waals surface area contributed by atoms with Gasteiger partial charge in [0.1, 0.15) is 0 Å².